The SMILES string of the molecule is CCOc1cc(CO)cc(Br)c1OC(C)C(=O)OC. The highest BCUT2D eigenvalue weighted by molar-refractivity contribution is 9.10. The van der Waals surface area contributed by atoms with Crippen LogP contribution in [-0.2, 0) is 16.1 Å². The molecule has 1 aromatic rings. The third-order valence-electron chi connectivity index (χ3n) is 2.38. The van der Waals surface area contributed by atoms with E-state index >= 15 is 0 Å². The number of aliphatic hydroxyl groups is 1. The summed E-state index contributed by atoms with van der Waals surface area (Å²) in [5.41, 5.74) is 0.688. The van der Waals surface area contributed by atoms with Crippen LogP contribution in [0, 0.1) is 0 Å². The summed E-state index contributed by atoms with van der Waals surface area (Å²) in [4.78, 5) is 11.4. The Morgan fingerprint density at radius 2 is 2.16 bits per heavy atom. The van der Waals surface area contributed by atoms with Gasteiger partial charge in [0.2, 0.25) is 0 Å². The van der Waals surface area contributed by atoms with Crippen LogP contribution in [0.2, 0.25) is 0 Å². The lowest BCUT2D eigenvalue weighted by Gasteiger charge is -2.18. The molecule has 1 rings (SSSR count). The largest absolute Gasteiger partial charge is 0.490 e. The van der Waals surface area contributed by atoms with E-state index in [1.165, 1.54) is 7.11 Å². The highest BCUT2D eigenvalue weighted by atomic mass is 79.9. The first-order chi connectivity index (χ1) is 9.03. The minimum absolute atomic E-state index is 0.106. The molecule has 5 nitrogen and oxygen atoms in total. The number of hydrogen-bond acceptors (Lipinski definition) is 5. The standard InChI is InChI=1S/C13H17BrO5/c1-4-18-11-6-9(7-15)5-10(14)12(11)19-8(2)13(16)17-3/h5-6,8,15H,4,7H2,1-3H3. The van der Waals surface area contributed by atoms with Crippen molar-refractivity contribution in [1.29, 1.82) is 0 Å². The first kappa shape index (κ1) is 15.8. The van der Waals surface area contributed by atoms with Crippen LogP contribution in [0.4, 0.5) is 0 Å². The van der Waals surface area contributed by atoms with Crippen LogP contribution in [0.3, 0.4) is 0 Å². The minimum Gasteiger partial charge on any atom is -0.490 e. The van der Waals surface area contributed by atoms with Crippen molar-refractivity contribution in [2.45, 2.75) is 26.6 Å². The van der Waals surface area contributed by atoms with Crippen molar-refractivity contribution in [2.75, 3.05) is 13.7 Å². The molecule has 0 saturated carbocycles. The van der Waals surface area contributed by atoms with E-state index in [0.29, 0.717) is 28.1 Å². The molecule has 0 radical (unpaired) electrons. The highest BCUT2D eigenvalue weighted by Crippen LogP contribution is 2.37. The Morgan fingerprint density at radius 3 is 2.68 bits per heavy atom. The number of ether oxygens (including phenoxy) is 3. The minimum atomic E-state index is -0.750. The molecule has 0 amide bonds. The van der Waals surface area contributed by atoms with Gasteiger partial charge < -0.3 is 19.3 Å². The number of carbonyl (C=O) groups excluding carboxylic acids is 1. The van der Waals surface area contributed by atoms with Gasteiger partial charge in [0, 0.05) is 0 Å². The zero-order valence-corrected chi connectivity index (χ0v) is 12.7. The van der Waals surface area contributed by atoms with Gasteiger partial charge in [-0.05, 0) is 47.5 Å². The third-order valence-corrected chi connectivity index (χ3v) is 2.97. The van der Waals surface area contributed by atoms with E-state index < -0.39 is 12.1 Å². The quantitative estimate of drug-likeness (QED) is 0.809. The molecule has 19 heavy (non-hydrogen) atoms. The number of hydrogen-bond donors (Lipinski definition) is 1. The highest BCUT2D eigenvalue weighted by Gasteiger charge is 2.20. The fourth-order valence-electron chi connectivity index (χ4n) is 1.48. The molecule has 0 fully saturated rings. The topological polar surface area (TPSA) is 65.0 Å². The number of carbonyl (C=O) groups is 1. The molecule has 0 heterocycles. The van der Waals surface area contributed by atoms with Crippen LogP contribution >= 0.6 is 15.9 Å². The van der Waals surface area contributed by atoms with Gasteiger partial charge in [-0.1, -0.05) is 0 Å². The maximum Gasteiger partial charge on any atom is 0.346 e. The summed E-state index contributed by atoms with van der Waals surface area (Å²) in [5.74, 6) is 0.411. The number of esters is 1. The van der Waals surface area contributed by atoms with Gasteiger partial charge in [0.1, 0.15) is 0 Å². The molecule has 1 unspecified atom stereocenters. The smallest absolute Gasteiger partial charge is 0.346 e. The fourth-order valence-corrected chi connectivity index (χ4v) is 2.06. The maximum absolute atomic E-state index is 11.4. The van der Waals surface area contributed by atoms with Crippen LogP contribution in [0.15, 0.2) is 16.6 Å². The molecule has 1 atom stereocenters. The summed E-state index contributed by atoms with van der Waals surface area (Å²) in [6.45, 7) is 3.77. The number of benzene rings is 1. The van der Waals surface area contributed by atoms with Crippen molar-refractivity contribution in [3.8, 4) is 11.5 Å². The van der Waals surface area contributed by atoms with Gasteiger partial charge >= 0.3 is 5.97 Å². The molecule has 1 aromatic carbocycles. The van der Waals surface area contributed by atoms with E-state index in [9.17, 15) is 4.79 Å². The Hall–Kier alpha value is -1.27. The summed E-state index contributed by atoms with van der Waals surface area (Å²) in [5, 5.41) is 9.16. The van der Waals surface area contributed by atoms with Gasteiger partial charge in [-0.15, -0.1) is 0 Å². The van der Waals surface area contributed by atoms with Gasteiger partial charge in [0.05, 0.1) is 24.8 Å². The van der Waals surface area contributed by atoms with E-state index in [2.05, 4.69) is 20.7 Å². The van der Waals surface area contributed by atoms with Crippen molar-refractivity contribution >= 4 is 21.9 Å². The van der Waals surface area contributed by atoms with Crippen LogP contribution in [-0.4, -0.2) is 30.9 Å². The molecule has 0 aliphatic carbocycles. The fraction of sp³-hybridized carbons (Fsp3) is 0.462. The lowest BCUT2D eigenvalue weighted by molar-refractivity contribution is -0.147. The molecule has 0 spiro atoms. The zero-order chi connectivity index (χ0) is 14.4. The summed E-state index contributed by atoms with van der Waals surface area (Å²) in [6.07, 6.45) is -0.750. The van der Waals surface area contributed by atoms with Gasteiger partial charge in [0.15, 0.2) is 17.6 Å². The molecular weight excluding hydrogens is 316 g/mol. The monoisotopic (exact) mass is 332 g/mol. The molecular formula is C13H17BrO5. The molecule has 0 aliphatic rings. The Bertz CT molecular complexity index is 447. The van der Waals surface area contributed by atoms with Gasteiger partial charge in [-0.2, -0.15) is 0 Å². The van der Waals surface area contributed by atoms with Crippen LogP contribution in [0.5, 0.6) is 11.5 Å². The Labute approximate surface area is 120 Å². The zero-order valence-electron chi connectivity index (χ0n) is 11.1. The molecule has 6 heteroatoms. The average Bonchev–Trinajstić information content (AvgIpc) is 2.41. The molecule has 0 aromatic heterocycles. The number of halogens is 1. The van der Waals surface area contributed by atoms with Crippen LogP contribution in [0.25, 0.3) is 0 Å². The molecule has 0 aliphatic heterocycles. The molecule has 0 bridgehead atoms. The van der Waals surface area contributed by atoms with Crippen LogP contribution in [0.1, 0.15) is 19.4 Å². The van der Waals surface area contributed by atoms with Gasteiger partial charge in [0.25, 0.3) is 0 Å². The number of rotatable bonds is 6. The van der Waals surface area contributed by atoms with Crippen molar-refractivity contribution < 1.29 is 24.1 Å². The summed E-state index contributed by atoms with van der Waals surface area (Å²) >= 11 is 3.34. The summed E-state index contributed by atoms with van der Waals surface area (Å²) in [6, 6.07) is 3.38. The second-order valence-corrected chi connectivity index (χ2v) is 4.63. The van der Waals surface area contributed by atoms with E-state index in [1.807, 2.05) is 6.92 Å². The van der Waals surface area contributed by atoms with Gasteiger partial charge in [-0.25, -0.2) is 4.79 Å². The number of methoxy groups -OCH3 is 1. The Morgan fingerprint density at radius 1 is 1.47 bits per heavy atom. The summed E-state index contributed by atoms with van der Waals surface area (Å²) < 4.78 is 16.2. The third kappa shape index (κ3) is 4.11. The summed E-state index contributed by atoms with van der Waals surface area (Å²) in [7, 11) is 1.30. The van der Waals surface area contributed by atoms with Gasteiger partial charge in [-0.3, -0.25) is 0 Å². The lowest BCUT2D eigenvalue weighted by atomic mass is 10.2. The Kier molecular flexibility index (Phi) is 6.11. The predicted molar refractivity (Wildman–Crippen MR) is 73.3 cm³/mol. The normalized spacial score (nSPS) is 11.8. The van der Waals surface area contributed by atoms with E-state index in [1.54, 1.807) is 19.1 Å². The van der Waals surface area contributed by atoms with Crippen molar-refractivity contribution in [3.05, 3.63) is 22.2 Å². The molecule has 1 N–H and O–H groups in total. The molecule has 0 saturated heterocycles. The second-order valence-electron chi connectivity index (χ2n) is 3.78. The lowest BCUT2D eigenvalue weighted by Crippen LogP contribution is -2.25. The molecule has 106 valence electrons. The predicted octanol–water partition coefficient (Wildman–Crippen LogP) is 2.28. The van der Waals surface area contributed by atoms with E-state index in [4.69, 9.17) is 14.6 Å². The van der Waals surface area contributed by atoms with Crippen molar-refractivity contribution in [3.63, 3.8) is 0 Å². The first-order valence-corrected chi connectivity index (χ1v) is 6.63. The van der Waals surface area contributed by atoms with Crippen molar-refractivity contribution in [1.82, 2.24) is 0 Å². The Balaban J connectivity index is 3.07. The average molecular weight is 333 g/mol. The van der Waals surface area contributed by atoms with E-state index in [0.717, 1.165) is 0 Å². The van der Waals surface area contributed by atoms with E-state index in [-0.39, 0.29) is 6.61 Å². The maximum atomic E-state index is 11.4. The van der Waals surface area contributed by atoms with Crippen LogP contribution < -0.4 is 9.47 Å². The van der Waals surface area contributed by atoms with Crippen molar-refractivity contribution in [2.24, 2.45) is 0 Å². The first-order valence-electron chi connectivity index (χ1n) is 5.84. The second kappa shape index (κ2) is 7.35. The number of aliphatic hydroxyl groups excluding tert-OH is 1.